The number of aromatic hydroxyl groups is 2. The van der Waals surface area contributed by atoms with Crippen LogP contribution in [0.5, 0.6) is 11.5 Å². The molecule has 0 saturated carbocycles. The first-order valence-electron chi connectivity index (χ1n) is 9.21. The number of carbonyl (C=O) groups is 2. The number of ketones is 2. The monoisotopic (exact) mass is 413 g/mol. The molecule has 0 unspecified atom stereocenters. The summed E-state index contributed by atoms with van der Waals surface area (Å²) >= 11 is 6.14. The summed E-state index contributed by atoms with van der Waals surface area (Å²) in [6.45, 7) is 3.86. The number of fused-ring (bicyclic) bond motifs is 1. The molecule has 2 aromatic carbocycles. The Bertz CT molecular complexity index is 1020. The first kappa shape index (κ1) is 19.3. The Kier molecular flexibility index (Phi) is 4.94. The van der Waals surface area contributed by atoms with E-state index in [4.69, 9.17) is 11.6 Å². The topological polar surface area (TPSA) is 93.1 Å². The first-order chi connectivity index (χ1) is 13.9. The van der Waals surface area contributed by atoms with Gasteiger partial charge in [-0.3, -0.25) is 9.59 Å². The fourth-order valence-electron chi connectivity index (χ4n) is 3.56. The summed E-state index contributed by atoms with van der Waals surface area (Å²) in [5, 5.41) is 22.6. The quantitative estimate of drug-likeness (QED) is 0.666. The van der Waals surface area contributed by atoms with Gasteiger partial charge in [0.1, 0.15) is 22.2 Å². The largest absolute Gasteiger partial charge is 0.507 e. The van der Waals surface area contributed by atoms with Gasteiger partial charge < -0.3 is 25.3 Å². The zero-order chi connectivity index (χ0) is 20.7. The van der Waals surface area contributed by atoms with Crippen LogP contribution in [0, 0.1) is 0 Å². The third-order valence-electron chi connectivity index (χ3n) is 5.27. The predicted molar refractivity (Wildman–Crippen MR) is 111 cm³/mol. The van der Waals surface area contributed by atoms with Crippen molar-refractivity contribution in [1.82, 2.24) is 4.90 Å². The van der Waals surface area contributed by atoms with Gasteiger partial charge in [0.05, 0.1) is 11.1 Å². The molecule has 2 aromatic rings. The first-order valence-corrected chi connectivity index (χ1v) is 9.59. The number of benzene rings is 2. The lowest BCUT2D eigenvalue weighted by molar-refractivity contribution is 0.0977. The van der Waals surface area contributed by atoms with E-state index in [1.165, 1.54) is 6.07 Å². The molecule has 0 bridgehead atoms. The van der Waals surface area contributed by atoms with E-state index in [1.807, 2.05) is 12.1 Å². The Labute approximate surface area is 172 Å². The number of piperazine rings is 1. The molecule has 2 aliphatic rings. The summed E-state index contributed by atoms with van der Waals surface area (Å²) in [5.41, 5.74) is 0.993. The molecule has 0 atom stereocenters. The molecule has 0 aromatic heterocycles. The zero-order valence-electron chi connectivity index (χ0n) is 15.8. The molecule has 4 rings (SSSR count). The van der Waals surface area contributed by atoms with Crippen LogP contribution in [-0.4, -0.2) is 59.9 Å². The molecular formula is C21H20ClN3O4. The van der Waals surface area contributed by atoms with Gasteiger partial charge in [-0.1, -0.05) is 11.6 Å². The maximum absolute atomic E-state index is 12.9. The van der Waals surface area contributed by atoms with Gasteiger partial charge in [0.2, 0.25) is 11.6 Å². The van der Waals surface area contributed by atoms with E-state index < -0.39 is 17.3 Å². The molecule has 150 valence electrons. The lowest BCUT2D eigenvalue weighted by Crippen LogP contribution is -2.44. The van der Waals surface area contributed by atoms with Crippen molar-refractivity contribution >= 4 is 34.5 Å². The summed E-state index contributed by atoms with van der Waals surface area (Å²) in [4.78, 5) is 30.0. The van der Waals surface area contributed by atoms with Crippen LogP contribution in [0.1, 0.15) is 20.7 Å². The predicted octanol–water partition coefficient (Wildman–Crippen LogP) is 2.79. The molecule has 7 nitrogen and oxygen atoms in total. The highest BCUT2D eigenvalue weighted by molar-refractivity contribution is 6.50. The molecule has 1 aliphatic carbocycles. The normalized spacial score (nSPS) is 17.5. The van der Waals surface area contributed by atoms with Crippen molar-refractivity contribution in [2.24, 2.45) is 0 Å². The third kappa shape index (κ3) is 3.43. The van der Waals surface area contributed by atoms with Gasteiger partial charge in [-0.25, -0.2) is 0 Å². The smallest absolute Gasteiger partial charge is 0.215 e. The average Bonchev–Trinajstić information content (AvgIpc) is 2.72. The number of rotatable bonds is 3. The van der Waals surface area contributed by atoms with Gasteiger partial charge in [-0.15, -0.1) is 0 Å². The maximum atomic E-state index is 12.9. The Morgan fingerprint density at radius 2 is 1.41 bits per heavy atom. The number of nitrogens with zero attached hydrogens (tertiary/aromatic N) is 2. The SMILES string of the molecule is CN1CCN(c2ccc(NC3=C(Cl)C(=O)c4c(O)ccc(O)c4C3=O)cc2)CC1. The fourth-order valence-corrected chi connectivity index (χ4v) is 3.79. The second kappa shape index (κ2) is 7.42. The standard InChI is InChI=1S/C21H20ClN3O4/c1-24-8-10-25(11-9-24)13-4-2-12(3-5-13)23-19-18(22)20(28)16-14(26)6-7-15(27)17(16)21(19)29/h2-7,23,26-27H,8-11H2,1H3. The minimum Gasteiger partial charge on any atom is -0.507 e. The van der Waals surface area contributed by atoms with Crippen LogP contribution in [-0.2, 0) is 0 Å². The molecule has 3 N–H and O–H groups in total. The molecule has 29 heavy (non-hydrogen) atoms. The number of anilines is 2. The van der Waals surface area contributed by atoms with Crippen molar-refractivity contribution in [3.8, 4) is 11.5 Å². The number of phenolic OH excluding ortho intramolecular Hbond substituents is 2. The van der Waals surface area contributed by atoms with Crippen molar-refractivity contribution < 1.29 is 19.8 Å². The van der Waals surface area contributed by atoms with Gasteiger partial charge in [0.25, 0.3) is 0 Å². The number of hydrogen-bond acceptors (Lipinski definition) is 7. The highest BCUT2D eigenvalue weighted by atomic mass is 35.5. The Hall–Kier alpha value is -3.03. The fraction of sp³-hybridized carbons (Fsp3) is 0.238. The van der Waals surface area contributed by atoms with Crippen LogP contribution in [0.2, 0.25) is 0 Å². The van der Waals surface area contributed by atoms with E-state index in [1.54, 1.807) is 12.1 Å². The number of nitrogens with one attached hydrogen (secondary N) is 1. The van der Waals surface area contributed by atoms with E-state index in [9.17, 15) is 19.8 Å². The van der Waals surface area contributed by atoms with E-state index in [0.29, 0.717) is 5.69 Å². The van der Waals surface area contributed by atoms with E-state index in [2.05, 4.69) is 22.2 Å². The van der Waals surface area contributed by atoms with Gasteiger partial charge in [-0.05, 0) is 43.4 Å². The van der Waals surface area contributed by atoms with Crippen molar-refractivity contribution in [2.75, 3.05) is 43.4 Å². The lowest BCUT2D eigenvalue weighted by atomic mass is 9.90. The number of phenols is 2. The highest BCUT2D eigenvalue weighted by Crippen LogP contribution is 2.38. The Morgan fingerprint density at radius 1 is 0.862 bits per heavy atom. The molecule has 8 heteroatoms. The van der Waals surface area contributed by atoms with Crippen LogP contribution < -0.4 is 10.2 Å². The molecular weight excluding hydrogens is 394 g/mol. The zero-order valence-corrected chi connectivity index (χ0v) is 16.5. The van der Waals surface area contributed by atoms with Crippen molar-refractivity contribution in [2.45, 2.75) is 0 Å². The summed E-state index contributed by atoms with van der Waals surface area (Å²) in [6, 6.07) is 9.81. The van der Waals surface area contributed by atoms with Crippen molar-refractivity contribution in [3.63, 3.8) is 0 Å². The number of carbonyl (C=O) groups excluding carboxylic acids is 2. The molecule has 0 spiro atoms. The third-order valence-corrected chi connectivity index (χ3v) is 5.63. The van der Waals surface area contributed by atoms with Crippen LogP contribution in [0.25, 0.3) is 0 Å². The molecule has 1 saturated heterocycles. The second-order valence-corrected chi connectivity index (χ2v) is 7.54. The van der Waals surface area contributed by atoms with Gasteiger partial charge in [-0.2, -0.15) is 0 Å². The summed E-state index contributed by atoms with van der Waals surface area (Å²) in [7, 11) is 2.10. The molecule has 1 aliphatic heterocycles. The number of hydrogen-bond donors (Lipinski definition) is 3. The van der Waals surface area contributed by atoms with Crippen LogP contribution in [0.4, 0.5) is 11.4 Å². The van der Waals surface area contributed by atoms with Crippen molar-refractivity contribution in [1.29, 1.82) is 0 Å². The summed E-state index contributed by atoms with van der Waals surface area (Å²) in [6.07, 6.45) is 0. The van der Waals surface area contributed by atoms with E-state index in [0.717, 1.165) is 37.9 Å². The number of allylic oxidation sites excluding steroid dienone is 2. The number of likely N-dealkylation sites (N-methyl/N-ethyl adjacent to an activating group) is 1. The minimum absolute atomic E-state index is 0.127. The molecule has 0 radical (unpaired) electrons. The highest BCUT2D eigenvalue weighted by Gasteiger charge is 2.36. The van der Waals surface area contributed by atoms with Gasteiger partial charge in [0, 0.05) is 37.6 Å². The Balaban J connectivity index is 1.59. The lowest BCUT2D eigenvalue weighted by Gasteiger charge is -2.34. The summed E-state index contributed by atoms with van der Waals surface area (Å²) < 4.78 is 0. The van der Waals surface area contributed by atoms with E-state index >= 15 is 0 Å². The summed E-state index contributed by atoms with van der Waals surface area (Å²) in [5.74, 6) is -2.15. The molecule has 0 amide bonds. The van der Waals surface area contributed by atoms with Crippen LogP contribution >= 0.6 is 11.6 Å². The average molecular weight is 414 g/mol. The van der Waals surface area contributed by atoms with E-state index in [-0.39, 0.29) is 27.6 Å². The second-order valence-electron chi connectivity index (χ2n) is 7.16. The molecule has 1 heterocycles. The Morgan fingerprint density at radius 3 is 2.00 bits per heavy atom. The number of Topliss-reactive ketones (excluding diaryl/α,β-unsaturated/α-hetero) is 2. The minimum atomic E-state index is -0.716. The maximum Gasteiger partial charge on any atom is 0.215 e. The number of halogens is 1. The van der Waals surface area contributed by atoms with Crippen LogP contribution in [0.15, 0.2) is 47.1 Å². The molecule has 1 fully saturated rings. The van der Waals surface area contributed by atoms with Crippen molar-refractivity contribution in [3.05, 3.63) is 58.3 Å². The van der Waals surface area contributed by atoms with Gasteiger partial charge in [0.15, 0.2) is 0 Å². The van der Waals surface area contributed by atoms with Crippen LogP contribution in [0.3, 0.4) is 0 Å². The van der Waals surface area contributed by atoms with Gasteiger partial charge >= 0.3 is 0 Å².